The maximum Gasteiger partial charge on any atom is 0.325 e. The molecule has 8 nitrogen and oxygen atoms in total. The number of rotatable bonds is 11. The molecule has 0 aliphatic heterocycles. The zero-order valence-electron chi connectivity index (χ0n) is 28.5. The second-order valence-corrected chi connectivity index (χ2v) is 15.0. The monoisotopic (exact) mass is 666 g/mol. The third-order valence-electron chi connectivity index (χ3n) is 9.36. The summed E-state index contributed by atoms with van der Waals surface area (Å²) in [6.07, 6.45) is 10.3. The van der Waals surface area contributed by atoms with E-state index in [1.165, 1.54) is 55.9 Å². The van der Waals surface area contributed by atoms with Crippen LogP contribution in [0.5, 0.6) is 0 Å². The van der Waals surface area contributed by atoms with E-state index in [1.807, 2.05) is 42.7 Å². The van der Waals surface area contributed by atoms with Crippen molar-refractivity contribution in [1.29, 1.82) is 0 Å². The number of carbonyl (C=O) groups is 3. The Hall–Kier alpha value is -4.37. The minimum atomic E-state index is -1.15. The molecule has 0 radical (unpaired) electrons. The highest BCUT2D eigenvalue weighted by molar-refractivity contribution is 7.14. The van der Waals surface area contributed by atoms with Crippen LogP contribution in [0, 0.1) is 5.92 Å². The Labute approximate surface area is 287 Å². The van der Waals surface area contributed by atoms with Gasteiger partial charge in [-0.3, -0.25) is 14.4 Å². The molecule has 2 aromatic heterocycles. The molecule has 3 N–H and O–H groups in total. The number of carboxylic acid groups (broad SMARTS) is 1. The summed E-state index contributed by atoms with van der Waals surface area (Å²) in [6, 6.07) is 17.9. The number of hydrogen-bond acceptors (Lipinski definition) is 6. The van der Waals surface area contributed by atoms with Crippen LogP contribution < -0.4 is 10.6 Å². The van der Waals surface area contributed by atoms with Crippen LogP contribution in [0.1, 0.15) is 98.3 Å². The normalized spacial score (nSPS) is 17.7. The number of hydrogen-bond donors (Lipinski definition) is 3. The molecule has 1 aliphatic carbocycles. The molecule has 4 aromatic rings. The Morgan fingerprint density at radius 1 is 0.854 bits per heavy atom. The van der Waals surface area contributed by atoms with Gasteiger partial charge in [0.25, 0.3) is 5.91 Å². The molecule has 2 atom stereocenters. The molecule has 5 rings (SSSR count). The summed E-state index contributed by atoms with van der Waals surface area (Å²) in [5, 5.41) is 14.6. The molecule has 2 heterocycles. The van der Waals surface area contributed by atoms with Gasteiger partial charge in [-0.25, -0.2) is 9.97 Å². The van der Waals surface area contributed by atoms with Gasteiger partial charge in [0.2, 0.25) is 5.91 Å². The highest BCUT2D eigenvalue weighted by atomic mass is 32.1. The molecule has 0 unspecified atom stereocenters. The van der Waals surface area contributed by atoms with E-state index < -0.39 is 24.0 Å². The molecule has 252 valence electrons. The van der Waals surface area contributed by atoms with Crippen LogP contribution in [0.3, 0.4) is 0 Å². The first kappa shape index (κ1) is 35.0. The molecule has 9 heteroatoms. The van der Waals surface area contributed by atoms with Crippen molar-refractivity contribution in [3.63, 3.8) is 0 Å². The second-order valence-electron chi connectivity index (χ2n) is 14.0. The number of benzene rings is 2. The Kier molecular flexibility index (Phi) is 11.1. The maximum atomic E-state index is 13.2. The molecule has 48 heavy (non-hydrogen) atoms. The van der Waals surface area contributed by atoms with Gasteiger partial charge in [-0.15, -0.1) is 11.3 Å². The second kappa shape index (κ2) is 15.2. The number of nitrogens with one attached hydrogen (secondary N) is 2. The van der Waals surface area contributed by atoms with E-state index in [0.29, 0.717) is 16.6 Å². The molecule has 0 spiro atoms. The van der Waals surface area contributed by atoms with E-state index in [1.54, 1.807) is 6.07 Å². The summed E-state index contributed by atoms with van der Waals surface area (Å²) in [5.74, 6) is 0.0265. The van der Waals surface area contributed by atoms with Gasteiger partial charge in [-0.2, -0.15) is 0 Å². The minimum Gasteiger partial charge on any atom is -0.480 e. The topological polar surface area (TPSA) is 121 Å². The average molecular weight is 667 g/mol. The smallest absolute Gasteiger partial charge is 0.325 e. The Balaban J connectivity index is 1.25. The summed E-state index contributed by atoms with van der Waals surface area (Å²) in [5.41, 5.74) is 4.97. The van der Waals surface area contributed by atoms with Crippen LogP contribution in [-0.4, -0.2) is 44.9 Å². The lowest BCUT2D eigenvalue weighted by molar-refractivity contribution is -0.141. The summed E-state index contributed by atoms with van der Waals surface area (Å²) in [6.45, 7) is 9.91. The van der Waals surface area contributed by atoms with Gasteiger partial charge in [0.15, 0.2) is 5.82 Å². The van der Waals surface area contributed by atoms with E-state index in [2.05, 4.69) is 72.6 Å². The fourth-order valence-electron chi connectivity index (χ4n) is 6.18. The summed E-state index contributed by atoms with van der Waals surface area (Å²) >= 11 is 1.38. The largest absolute Gasteiger partial charge is 0.480 e. The standard InChI is InChI=1S/C39H46N4O4S/c1-6-25-7-11-27(12-8-25)28-15-17-29(18-16-28)31-22-40-35(41-23-31)30-13-9-26(10-14-30)21-32(36(44)42-24(2)38(46)47)43-37(45)33-19-20-34(48-33)39(3,4)5/h9-10,13-20,22-25,27,32H,6-8,11-12,21H2,1-5H3,(H,42,44)(H,43,45)(H,46,47)/t24-,25-,27-,32-/m1/s1. The molecular weight excluding hydrogens is 621 g/mol. The highest BCUT2D eigenvalue weighted by Crippen LogP contribution is 2.37. The van der Waals surface area contributed by atoms with E-state index in [-0.39, 0.29) is 17.7 Å². The molecule has 0 bridgehead atoms. The summed E-state index contributed by atoms with van der Waals surface area (Å²) in [4.78, 5) is 48.5. The van der Waals surface area contributed by atoms with Gasteiger partial charge in [0.1, 0.15) is 12.1 Å². The average Bonchev–Trinajstić information content (AvgIpc) is 3.60. The number of nitrogens with zero attached hydrogens (tertiary/aromatic N) is 2. The number of amides is 2. The zero-order chi connectivity index (χ0) is 34.4. The predicted octanol–water partition coefficient (Wildman–Crippen LogP) is 7.78. The van der Waals surface area contributed by atoms with Gasteiger partial charge in [0, 0.05) is 34.8 Å². The first-order chi connectivity index (χ1) is 22.9. The van der Waals surface area contributed by atoms with Crippen molar-refractivity contribution in [2.45, 2.75) is 96.6 Å². The summed E-state index contributed by atoms with van der Waals surface area (Å²) < 4.78 is 0. The zero-order valence-corrected chi connectivity index (χ0v) is 29.3. The summed E-state index contributed by atoms with van der Waals surface area (Å²) in [7, 11) is 0. The minimum absolute atomic E-state index is 0.110. The molecule has 2 aromatic carbocycles. The van der Waals surface area contributed by atoms with Crippen LogP contribution in [0.25, 0.3) is 22.5 Å². The van der Waals surface area contributed by atoms with E-state index in [4.69, 9.17) is 0 Å². The Morgan fingerprint density at radius 2 is 1.48 bits per heavy atom. The van der Waals surface area contributed by atoms with E-state index in [0.717, 1.165) is 33.0 Å². The predicted molar refractivity (Wildman–Crippen MR) is 191 cm³/mol. The van der Waals surface area contributed by atoms with E-state index >= 15 is 0 Å². The number of aromatic nitrogens is 2. The van der Waals surface area contributed by atoms with Crippen molar-refractivity contribution in [2.24, 2.45) is 5.92 Å². The van der Waals surface area contributed by atoms with Crippen molar-refractivity contribution >= 4 is 29.1 Å². The van der Waals surface area contributed by atoms with Crippen LogP contribution in [0.15, 0.2) is 73.1 Å². The van der Waals surface area contributed by atoms with Crippen LogP contribution in [0.2, 0.25) is 0 Å². The Bertz CT molecular complexity index is 1700. The van der Waals surface area contributed by atoms with Gasteiger partial charge in [-0.05, 0) is 78.7 Å². The number of carbonyl (C=O) groups excluding carboxylic acids is 2. The van der Waals surface area contributed by atoms with Gasteiger partial charge in [0.05, 0.1) is 4.88 Å². The third-order valence-corrected chi connectivity index (χ3v) is 10.9. The first-order valence-corrected chi connectivity index (χ1v) is 17.7. The van der Waals surface area contributed by atoms with Gasteiger partial charge < -0.3 is 15.7 Å². The van der Waals surface area contributed by atoms with Crippen LogP contribution in [-0.2, 0) is 21.4 Å². The molecule has 1 saturated carbocycles. The lowest BCUT2D eigenvalue weighted by Crippen LogP contribution is -2.51. The van der Waals surface area contributed by atoms with Crippen molar-refractivity contribution < 1.29 is 19.5 Å². The van der Waals surface area contributed by atoms with Gasteiger partial charge >= 0.3 is 5.97 Å². The van der Waals surface area contributed by atoms with Crippen molar-refractivity contribution in [1.82, 2.24) is 20.6 Å². The van der Waals surface area contributed by atoms with Crippen LogP contribution >= 0.6 is 11.3 Å². The lowest BCUT2D eigenvalue weighted by Gasteiger charge is -2.28. The fraction of sp³-hybridized carbons (Fsp3) is 0.410. The van der Waals surface area contributed by atoms with E-state index in [9.17, 15) is 19.5 Å². The maximum absolute atomic E-state index is 13.2. The quantitative estimate of drug-likeness (QED) is 0.150. The number of thiophene rings is 1. The van der Waals surface area contributed by atoms with Crippen molar-refractivity contribution in [3.05, 3.63) is 93.9 Å². The third kappa shape index (κ3) is 8.75. The molecule has 1 aliphatic rings. The molecular formula is C39H46N4O4S. The molecule has 0 saturated heterocycles. The highest BCUT2D eigenvalue weighted by Gasteiger charge is 2.27. The SMILES string of the molecule is CC[C@H]1CC[C@H](c2ccc(-c3cnc(-c4ccc(C[C@@H](NC(=O)c5ccc(C(C)(C)C)s5)C(=O)N[C@H](C)C(=O)O)cc4)nc3)cc2)CC1. The number of aliphatic carboxylic acids is 1. The molecule has 2 amide bonds. The number of carboxylic acids is 1. The lowest BCUT2D eigenvalue weighted by atomic mass is 9.78. The first-order valence-electron chi connectivity index (χ1n) is 16.9. The van der Waals surface area contributed by atoms with Crippen LogP contribution in [0.4, 0.5) is 0 Å². The van der Waals surface area contributed by atoms with Gasteiger partial charge in [-0.1, -0.05) is 82.6 Å². The molecule has 1 fully saturated rings. The fourth-order valence-corrected chi connectivity index (χ4v) is 7.15. The van der Waals surface area contributed by atoms with Crippen molar-refractivity contribution in [2.75, 3.05) is 0 Å². The van der Waals surface area contributed by atoms with Crippen molar-refractivity contribution in [3.8, 4) is 22.5 Å². The Morgan fingerprint density at radius 3 is 2.04 bits per heavy atom.